The molecule has 0 aliphatic heterocycles. The van der Waals surface area contributed by atoms with Crippen LogP contribution in [0, 0.1) is 10.8 Å². The number of ether oxygens (including phenoxy) is 1. The molecule has 0 atom stereocenters. The number of carbonyl (C=O) groups is 2. The van der Waals surface area contributed by atoms with Crippen LogP contribution in [-0.2, 0) is 20.9 Å². The Labute approximate surface area is 141 Å². The largest absolute Gasteiger partial charge is 0.469 e. The van der Waals surface area contributed by atoms with E-state index < -0.39 is 10.8 Å². The molecular weight excluding hydrogens is 318 g/mol. The molecule has 1 N–H and O–H groups in total. The molecule has 1 fully saturated rings. The van der Waals surface area contributed by atoms with Crippen LogP contribution >= 0.6 is 11.6 Å². The Balaban J connectivity index is 1.95. The van der Waals surface area contributed by atoms with Crippen LogP contribution < -0.4 is 5.32 Å². The van der Waals surface area contributed by atoms with Gasteiger partial charge in [-0.2, -0.15) is 0 Å². The summed E-state index contributed by atoms with van der Waals surface area (Å²) in [5.41, 5.74) is -0.452. The lowest BCUT2D eigenvalue weighted by molar-refractivity contribution is -0.156. The van der Waals surface area contributed by atoms with Crippen molar-refractivity contribution in [3.63, 3.8) is 0 Å². The van der Waals surface area contributed by atoms with Crippen molar-refractivity contribution in [2.45, 2.75) is 46.1 Å². The minimum Gasteiger partial charge on any atom is -0.469 e. The van der Waals surface area contributed by atoms with E-state index >= 15 is 0 Å². The van der Waals surface area contributed by atoms with Gasteiger partial charge in [0.1, 0.15) is 0 Å². The highest BCUT2D eigenvalue weighted by Crippen LogP contribution is 2.45. The fourth-order valence-corrected chi connectivity index (χ4v) is 3.05. The third-order valence-electron chi connectivity index (χ3n) is 4.82. The van der Waals surface area contributed by atoms with Crippen LogP contribution in [0.5, 0.6) is 0 Å². The van der Waals surface area contributed by atoms with Gasteiger partial charge in [0, 0.05) is 17.8 Å². The van der Waals surface area contributed by atoms with Gasteiger partial charge < -0.3 is 10.1 Å². The zero-order valence-electron chi connectivity index (χ0n) is 13.7. The summed E-state index contributed by atoms with van der Waals surface area (Å²) in [6.45, 7) is 4.07. The molecule has 1 aliphatic rings. The topological polar surface area (TPSA) is 81.2 Å². The molecule has 0 saturated heterocycles. The predicted molar refractivity (Wildman–Crippen MR) is 85.6 cm³/mol. The van der Waals surface area contributed by atoms with Crippen LogP contribution in [-0.4, -0.2) is 29.0 Å². The predicted octanol–water partition coefficient (Wildman–Crippen LogP) is 2.51. The molecule has 23 heavy (non-hydrogen) atoms. The van der Waals surface area contributed by atoms with Crippen molar-refractivity contribution >= 4 is 23.5 Å². The molecule has 0 spiro atoms. The Kier molecular flexibility index (Phi) is 5.24. The van der Waals surface area contributed by atoms with E-state index in [9.17, 15) is 9.59 Å². The molecule has 0 bridgehead atoms. The maximum absolute atomic E-state index is 12.5. The van der Waals surface area contributed by atoms with Crippen LogP contribution in [0.25, 0.3) is 0 Å². The second-order valence-corrected chi connectivity index (χ2v) is 6.95. The van der Waals surface area contributed by atoms with Gasteiger partial charge in [-0.25, -0.2) is 4.98 Å². The standard InChI is InChI=1S/C16H22ClN3O3/c1-15(4-6-16(2,7-5-15)14(22)23-3)13(21)20-10-11-12(17)19-9-8-18-11/h8-9H,4-7,10H2,1-3H3,(H,20,21)/t15-,16-. The molecule has 0 aromatic carbocycles. The summed E-state index contributed by atoms with van der Waals surface area (Å²) in [6.07, 6.45) is 5.59. The highest BCUT2D eigenvalue weighted by atomic mass is 35.5. The third-order valence-corrected chi connectivity index (χ3v) is 5.14. The number of aromatic nitrogens is 2. The molecule has 1 saturated carbocycles. The maximum Gasteiger partial charge on any atom is 0.311 e. The number of rotatable bonds is 4. The summed E-state index contributed by atoms with van der Waals surface area (Å²) >= 11 is 5.94. The minimum atomic E-state index is -0.498. The van der Waals surface area contributed by atoms with E-state index in [4.69, 9.17) is 16.3 Å². The summed E-state index contributed by atoms with van der Waals surface area (Å²) < 4.78 is 4.87. The summed E-state index contributed by atoms with van der Waals surface area (Å²) in [5.74, 6) is -0.252. The Hall–Kier alpha value is -1.69. The van der Waals surface area contributed by atoms with E-state index in [1.807, 2.05) is 13.8 Å². The molecule has 1 aromatic rings. The number of nitrogens with one attached hydrogen (secondary N) is 1. The monoisotopic (exact) mass is 339 g/mol. The van der Waals surface area contributed by atoms with E-state index in [0.29, 0.717) is 36.5 Å². The number of esters is 1. The van der Waals surface area contributed by atoms with Crippen molar-refractivity contribution in [2.75, 3.05) is 7.11 Å². The fourth-order valence-electron chi connectivity index (χ4n) is 2.88. The second-order valence-electron chi connectivity index (χ2n) is 6.59. The lowest BCUT2D eigenvalue weighted by Gasteiger charge is -2.40. The number of hydrogen-bond acceptors (Lipinski definition) is 5. The van der Waals surface area contributed by atoms with Gasteiger partial charge in [-0.1, -0.05) is 18.5 Å². The molecule has 2 rings (SSSR count). The van der Waals surface area contributed by atoms with Gasteiger partial charge in [-0.3, -0.25) is 14.6 Å². The molecule has 1 heterocycles. The van der Waals surface area contributed by atoms with Crippen molar-refractivity contribution in [3.8, 4) is 0 Å². The first kappa shape index (κ1) is 17.7. The van der Waals surface area contributed by atoms with Crippen molar-refractivity contribution in [1.82, 2.24) is 15.3 Å². The van der Waals surface area contributed by atoms with Gasteiger partial charge in [-0.15, -0.1) is 0 Å². The Bertz CT molecular complexity index is 598. The van der Waals surface area contributed by atoms with Gasteiger partial charge in [0.25, 0.3) is 0 Å². The number of hydrogen-bond donors (Lipinski definition) is 1. The first-order valence-electron chi connectivity index (χ1n) is 7.63. The molecule has 1 amide bonds. The Morgan fingerprint density at radius 1 is 1.17 bits per heavy atom. The summed E-state index contributed by atoms with van der Waals surface area (Å²) in [4.78, 5) is 32.4. The Morgan fingerprint density at radius 2 is 1.74 bits per heavy atom. The lowest BCUT2D eigenvalue weighted by atomic mass is 9.64. The van der Waals surface area contributed by atoms with E-state index in [1.54, 1.807) is 0 Å². The number of methoxy groups -OCH3 is 1. The van der Waals surface area contributed by atoms with Crippen molar-refractivity contribution in [2.24, 2.45) is 10.8 Å². The van der Waals surface area contributed by atoms with Crippen LogP contribution in [0.2, 0.25) is 5.15 Å². The third kappa shape index (κ3) is 3.80. The highest BCUT2D eigenvalue weighted by molar-refractivity contribution is 6.29. The van der Waals surface area contributed by atoms with E-state index in [-0.39, 0.29) is 18.4 Å². The zero-order valence-corrected chi connectivity index (χ0v) is 14.4. The van der Waals surface area contributed by atoms with Crippen molar-refractivity contribution in [3.05, 3.63) is 23.2 Å². The van der Waals surface area contributed by atoms with Crippen molar-refractivity contribution in [1.29, 1.82) is 0 Å². The van der Waals surface area contributed by atoms with Gasteiger partial charge in [0.15, 0.2) is 5.15 Å². The minimum absolute atomic E-state index is 0.0499. The zero-order chi connectivity index (χ0) is 17.1. The maximum atomic E-state index is 12.5. The molecule has 0 unspecified atom stereocenters. The van der Waals surface area contributed by atoms with Crippen LogP contribution in [0.15, 0.2) is 12.4 Å². The van der Waals surface area contributed by atoms with Crippen LogP contribution in [0.4, 0.5) is 0 Å². The van der Waals surface area contributed by atoms with Gasteiger partial charge in [0.2, 0.25) is 5.91 Å². The number of carbonyl (C=O) groups excluding carboxylic acids is 2. The highest BCUT2D eigenvalue weighted by Gasteiger charge is 2.45. The van der Waals surface area contributed by atoms with Crippen molar-refractivity contribution < 1.29 is 14.3 Å². The SMILES string of the molecule is COC(=O)[C@]1(C)CC[C@@](C)(C(=O)NCc2nccnc2Cl)CC1. The average molecular weight is 340 g/mol. The quantitative estimate of drug-likeness (QED) is 0.852. The van der Waals surface area contributed by atoms with E-state index in [2.05, 4.69) is 15.3 Å². The lowest BCUT2D eigenvalue weighted by Crippen LogP contribution is -2.45. The number of nitrogens with zero attached hydrogens (tertiary/aromatic N) is 2. The first-order valence-corrected chi connectivity index (χ1v) is 8.01. The summed E-state index contributed by atoms with van der Waals surface area (Å²) in [7, 11) is 1.40. The number of amides is 1. The molecule has 6 nitrogen and oxygen atoms in total. The average Bonchev–Trinajstić information content (AvgIpc) is 2.56. The van der Waals surface area contributed by atoms with Crippen LogP contribution in [0.3, 0.4) is 0 Å². The molecule has 0 radical (unpaired) electrons. The van der Waals surface area contributed by atoms with Gasteiger partial charge in [-0.05, 0) is 32.6 Å². The molecule has 1 aromatic heterocycles. The summed E-state index contributed by atoms with van der Waals surface area (Å²) in [6, 6.07) is 0. The normalized spacial score (nSPS) is 27.3. The second kappa shape index (κ2) is 6.83. The smallest absolute Gasteiger partial charge is 0.311 e. The van der Waals surface area contributed by atoms with E-state index in [0.717, 1.165) is 0 Å². The molecule has 1 aliphatic carbocycles. The molecular formula is C16H22ClN3O3. The Morgan fingerprint density at radius 3 is 2.30 bits per heavy atom. The first-order chi connectivity index (χ1) is 10.8. The number of halogens is 1. The molecule has 126 valence electrons. The van der Waals surface area contributed by atoms with Gasteiger partial charge in [0.05, 0.1) is 24.8 Å². The molecule has 7 heteroatoms. The van der Waals surface area contributed by atoms with Crippen LogP contribution in [0.1, 0.15) is 45.2 Å². The van der Waals surface area contributed by atoms with E-state index in [1.165, 1.54) is 19.5 Å². The van der Waals surface area contributed by atoms with Gasteiger partial charge >= 0.3 is 5.97 Å². The fraction of sp³-hybridized carbons (Fsp3) is 0.625. The summed E-state index contributed by atoms with van der Waals surface area (Å²) in [5, 5.41) is 3.17.